The van der Waals surface area contributed by atoms with E-state index in [0.29, 0.717) is 29.0 Å². The Bertz CT molecular complexity index is 1700. The van der Waals surface area contributed by atoms with E-state index in [1.807, 2.05) is 38.1 Å². The quantitative estimate of drug-likeness (QED) is 0.223. The summed E-state index contributed by atoms with van der Waals surface area (Å²) >= 11 is 0.895. The maximum atomic E-state index is 14.5. The second kappa shape index (κ2) is 12.6. The van der Waals surface area contributed by atoms with Gasteiger partial charge < -0.3 is 15.2 Å². The van der Waals surface area contributed by atoms with Crippen LogP contribution < -0.4 is 5.73 Å². The van der Waals surface area contributed by atoms with Gasteiger partial charge in [0.2, 0.25) is 5.88 Å². The van der Waals surface area contributed by atoms with Crippen LogP contribution in [0.1, 0.15) is 99.1 Å². The first-order valence-electron chi connectivity index (χ1n) is 16.1. The van der Waals surface area contributed by atoms with E-state index in [-0.39, 0.29) is 46.1 Å². The van der Waals surface area contributed by atoms with Crippen LogP contribution >= 0.6 is 11.8 Å². The van der Waals surface area contributed by atoms with E-state index in [0.717, 1.165) is 61.9 Å². The molecule has 2 heterocycles. The molecule has 1 aliphatic heterocycles. The van der Waals surface area contributed by atoms with E-state index in [2.05, 4.69) is 6.07 Å². The van der Waals surface area contributed by atoms with Crippen molar-refractivity contribution in [2.24, 2.45) is 23.5 Å². The number of carbonyl (C=O) groups excluding carboxylic acids is 1. The van der Waals surface area contributed by atoms with Gasteiger partial charge in [0.1, 0.15) is 28.5 Å². The van der Waals surface area contributed by atoms with Gasteiger partial charge >= 0.3 is 12.1 Å². The van der Waals surface area contributed by atoms with Crippen LogP contribution in [0.25, 0.3) is 0 Å². The van der Waals surface area contributed by atoms with Crippen molar-refractivity contribution < 1.29 is 27.4 Å². The number of hydrogen-bond acceptors (Lipinski definition) is 8. The number of hydrogen-bond donors (Lipinski definition) is 1. The minimum atomic E-state index is -4.76. The van der Waals surface area contributed by atoms with Gasteiger partial charge in [0, 0.05) is 11.1 Å². The van der Waals surface area contributed by atoms with Gasteiger partial charge in [-0.1, -0.05) is 49.9 Å². The molecule has 4 saturated carbocycles. The molecule has 4 aliphatic carbocycles. The fourth-order valence-electron chi connectivity index (χ4n) is 8.55. The molecule has 5 aliphatic rings. The third-order valence-corrected chi connectivity index (χ3v) is 11.2. The molecule has 0 saturated heterocycles. The van der Waals surface area contributed by atoms with Crippen molar-refractivity contribution >= 4 is 17.7 Å². The van der Waals surface area contributed by atoms with Crippen molar-refractivity contribution in [1.29, 1.82) is 10.5 Å². The van der Waals surface area contributed by atoms with Gasteiger partial charge in [0.15, 0.2) is 0 Å². The minimum Gasteiger partial charge on any atom is -0.463 e. The molecule has 0 amide bonds. The number of halogens is 3. The number of ether oxygens (including phenoxy) is 2. The average molecular weight is 663 g/mol. The largest absolute Gasteiger partial charge is 0.463 e. The molecule has 47 heavy (non-hydrogen) atoms. The maximum absolute atomic E-state index is 14.5. The molecule has 11 heteroatoms. The molecule has 0 radical (unpaired) electrons. The number of carbonyl (C=O) groups is 1. The summed E-state index contributed by atoms with van der Waals surface area (Å²) in [6.45, 7) is 5.79. The average Bonchev–Trinajstić information content (AvgIpc) is 3.02. The van der Waals surface area contributed by atoms with Crippen LogP contribution in [0.15, 0.2) is 58.1 Å². The Morgan fingerprint density at radius 1 is 1.11 bits per heavy atom. The normalized spacial score (nSPS) is 26.7. The number of esters is 1. The fraction of sp³-hybridized carbons (Fsp3) is 0.500. The first-order chi connectivity index (χ1) is 22.4. The highest BCUT2D eigenvalue weighted by Crippen LogP contribution is 2.61. The van der Waals surface area contributed by atoms with Gasteiger partial charge in [-0.15, -0.1) is 0 Å². The van der Waals surface area contributed by atoms with Crippen molar-refractivity contribution in [3.05, 3.63) is 81.1 Å². The van der Waals surface area contributed by atoms with Crippen LogP contribution in [0.2, 0.25) is 0 Å². The lowest BCUT2D eigenvalue weighted by atomic mass is 9.48. The van der Waals surface area contributed by atoms with E-state index in [1.54, 1.807) is 13.0 Å². The molecule has 4 fully saturated rings. The van der Waals surface area contributed by atoms with E-state index in [9.17, 15) is 28.5 Å². The number of aromatic nitrogens is 1. The summed E-state index contributed by atoms with van der Waals surface area (Å²) in [5, 5.41) is 20.0. The first-order valence-corrected chi connectivity index (χ1v) is 17.1. The van der Waals surface area contributed by atoms with Gasteiger partial charge in [0.25, 0.3) is 0 Å². The molecule has 7 rings (SSSR count). The minimum absolute atomic E-state index is 0.0260. The lowest BCUT2D eigenvalue weighted by molar-refractivity contribution is -0.139. The van der Waals surface area contributed by atoms with E-state index >= 15 is 0 Å². The maximum Gasteiger partial charge on any atom is 0.417 e. The van der Waals surface area contributed by atoms with Gasteiger partial charge in [-0.25, -0.2) is 9.78 Å². The summed E-state index contributed by atoms with van der Waals surface area (Å²) in [5.74, 6) is -0.293. The Labute approximate surface area is 277 Å². The van der Waals surface area contributed by atoms with Crippen LogP contribution in [0, 0.1) is 40.4 Å². The van der Waals surface area contributed by atoms with Crippen LogP contribution in [0.3, 0.4) is 0 Å². The monoisotopic (exact) mass is 662 g/mol. The Hall–Kier alpha value is -3.96. The number of rotatable bonds is 8. The van der Waals surface area contributed by atoms with E-state index in [4.69, 9.17) is 20.2 Å². The molecule has 0 spiro atoms. The van der Waals surface area contributed by atoms with Gasteiger partial charge in [-0.3, -0.25) is 0 Å². The van der Waals surface area contributed by atoms with Crippen molar-refractivity contribution in [2.75, 3.05) is 12.4 Å². The third kappa shape index (κ3) is 6.11. The van der Waals surface area contributed by atoms with E-state index in [1.165, 1.54) is 0 Å². The summed E-state index contributed by atoms with van der Waals surface area (Å²) in [7, 11) is 0. The topological polar surface area (TPSA) is 122 Å². The number of thioether (sulfide) groups is 1. The number of nitriles is 2. The van der Waals surface area contributed by atoms with Gasteiger partial charge in [-0.05, 0) is 86.3 Å². The van der Waals surface area contributed by atoms with E-state index < -0.39 is 34.6 Å². The van der Waals surface area contributed by atoms with Crippen LogP contribution in [0.4, 0.5) is 13.2 Å². The lowest BCUT2D eigenvalue weighted by Gasteiger charge is -2.56. The molecule has 1 atom stereocenters. The molecule has 1 aromatic heterocycles. The number of nitrogens with zero attached hydrogens (tertiary/aromatic N) is 3. The Kier molecular flexibility index (Phi) is 8.82. The zero-order chi connectivity index (χ0) is 33.7. The molecule has 4 bridgehead atoms. The zero-order valence-electron chi connectivity index (χ0n) is 26.6. The van der Waals surface area contributed by atoms with Crippen molar-refractivity contribution in [2.45, 2.75) is 87.7 Å². The summed E-state index contributed by atoms with van der Waals surface area (Å²) in [5.41, 5.74) is 6.36. The highest BCUT2D eigenvalue weighted by atomic mass is 32.2. The smallest absolute Gasteiger partial charge is 0.417 e. The van der Waals surface area contributed by atoms with Gasteiger partial charge in [0.05, 0.1) is 35.0 Å². The molecule has 1 aromatic carbocycles. The predicted octanol–water partition coefficient (Wildman–Crippen LogP) is 7.98. The summed E-state index contributed by atoms with van der Waals surface area (Å²) < 4.78 is 54.8. The van der Waals surface area contributed by atoms with Crippen LogP contribution in [-0.4, -0.2) is 23.3 Å². The van der Waals surface area contributed by atoms with Crippen molar-refractivity contribution in [3.63, 3.8) is 0 Å². The molecule has 1 unspecified atom stereocenters. The standard InChI is InChI=1S/C36H37F3N4O3S/c1-4-45-34(44)31-28(46-32(42)26(17-41)30(31)24-7-5-23(6-8-24)19(2)3)18-47-33-25(16-40)27(36(37,38)39)12-29(43-33)35-13-20-9-21(14-35)11-22(10-20)15-35/h5-8,12,19-22,30H,4,9-11,13-15,18,42H2,1-3H3. The van der Waals surface area contributed by atoms with Crippen molar-refractivity contribution in [1.82, 2.24) is 4.98 Å². The summed E-state index contributed by atoms with van der Waals surface area (Å²) in [4.78, 5) is 18.3. The molecular formula is C36H37F3N4O3S. The summed E-state index contributed by atoms with van der Waals surface area (Å²) in [6.07, 6.45) is 0.993. The summed E-state index contributed by atoms with van der Waals surface area (Å²) in [6, 6.07) is 12.4. The highest BCUT2D eigenvalue weighted by Gasteiger charge is 2.53. The Morgan fingerprint density at radius 2 is 1.72 bits per heavy atom. The Balaban J connectivity index is 1.43. The molecule has 2 aromatic rings. The second-order valence-corrected chi connectivity index (χ2v) is 14.6. The second-order valence-electron chi connectivity index (χ2n) is 13.6. The third-order valence-electron chi connectivity index (χ3n) is 10.3. The number of pyridine rings is 1. The van der Waals surface area contributed by atoms with Gasteiger partial charge in [-0.2, -0.15) is 23.7 Å². The number of nitrogens with two attached hydrogens (primary N) is 1. The van der Waals surface area contributed by atoms with Crippen molar-refractivity contribution in [3.8, 4) is 12.1 Å². The first kappa shape index (κ1) is 33.0. The molecule has 7 nitrogen and oxygen atoms in total. The molecule has 246 valence electrons. The lowest BCUT2D eigenvalue weighted by Crippen LogP contribution is -2.49. The predicted molar refractivity (Wildman–Crippen MR) is 169 cm³/mol. The number of allylic oxidation sites excluding steroid dienone is 1. The zero-order valence-corrected chi connectivity index (χ0v) is 27.4. The highest BCUT2D eigenvalue weighted by molar-refractivity contribution is 7.99. The van der Waals surface area contributed by atoms with Crippen LogP contribution in [0.5, 0.6) is 0 Å². The molecular weight excluding hydrogens is 625 g/mol. The molecule has 2 N–H and O–H groups in total. The van der Waals surface area contributed by atoms with Crippen LogP contribution in [-0.2, 0) is 25.9 Å². The Morgan fingerprint density at radius 3 is 2.23 bits per heavy atom. The number of benzene rings is 1. The number of alkyl halides is 3. The fourth-order valence-corrected chi connectivity index (χ4v) is 9.50. The SMILES string of the molecule is CCOC(=O)C1=C(CSc2nc(C34CC5CC(CC(C5)C3)C4)cc(C(F)(F)F)c2C#N)OC(N)=C(C#N)C1c1ccc(C(C)C)cc1.